The molecule has 0 amide bonds. The van der Waals surface area contributed by atoms with Gasteiger partial charge in [-0.3, -0.25) is 0 Å². The molecule has 0 aromatic heterocycles. The molecule has 0 saturated heterocycles. The molecular weight excluding hydrogens is 555 g/mol. The van der Waals surface area contributed by atoms with Gasteiger partial charge in [0.15, 0.2) is 0 Å². The summed E-state index contributed by atoms with van der Waals surface area (Å²) in [6.45, 7) is 4.62. The van der Waals surface area contributed by atoms with E-state index >= 15 is 0 Å². The molecule has 1 aromatic carbocycles. The summed E-state index contributed by atoms with van der Waals surface area (Å²) in [4.78, 5) is 0. The number of unbranched alkanes of at least 4 members (excludes halogenated alkanes) is 30. The Hall–Kier alpha value is -0.820. The first-order chi connectivity index (χ1) is 22.8. The zero-order chi connectivity index (χ0) is 33.0. The van der Waals surface area contributed by atoms with Crippen molar-refractivity contribution in [2.75, 3.05) is 7.05 Å². The van der Waals surface area contributed by atoms with Gasteiger partial charge in [-0.25, -0.2) is 0 Å². The van der Waals surface area contributed by atoms with E-state index in [-0.39, 0.29) is 0 Å². The van der Waals surface area contributed by atoms with Crippen molar-refractivity contribution in [2.24, 2.45) is 5.92 Å². The Bertz CT molecular complexity index is 647. The van der Waals surface area contributed by atoms with Crippen LogP contribution in [0.5, 0.6) is 0 Å². The summed E-state index contributed by atoms with van der Waals surface area (Å²) >= 11 is 0. The monoisotopic (exact) mass is 640 g/mol. The molecule has 1 unspecified atom stereocenters. The second kappa shape index (κ2) is 35.5. The van der Waals surface area contributed by atoms with Gasteiger partial charge >= 0.3 is 0 Å². The average Bonchev–Trinajstić information content (AvgIpc) is 3.08. The molecule has 0 radical (unpaired) electrons. The van der Waals surface area contributed by atoms with Crippen LogP contribution in [0.2, 0.25) is 0 Å². The molecule has 0 aliphatic heterocycles. The van der Waals surface area contributed by atoms with E-state index in [1.807, 2.05) is 0 Å². The predicted molar refractivity (Wildman–Crippen MR) is 210 cm³/mol. The van der Waals surface area contributed by atoms with Crippen molar-refractivity contribution in [3.8, 4) is 0 Å². The van der Waals surface area contributed by atoms with Crippen LogP contribution in [-0.2, 0) is 0 Å². The number of hydrogen-bond donors (Lipinski definition) is 1. The normalized spacial score (nSPS) is 12.3. The highest BCUT2D eigenvalue weighted by Crippen LogP contribution is 2.31. The molecule has 1 aromatic rings. The predicted octanol–water partition coefficient (Wildman–Crippen LogP) is 15.9. The zero-order valence-electron chi connectivity index (χ0n) is 32.1. The van der Waals surface area contributed by atoms with Crippen molar-refractivity contribution in [3.05, 3.63) is 35.9 Å². The van der Waals surface area contributed by atoms with Gasteiger partial charge in [-0.15, -0.1) is 0 Å². The summed E-state index contributed by atoms with van der Waals surface area (Å²) in [5, 5.41) is 3.73. The molecule has 1 nitrogen and oxygen atoms in total. The van der Waals surface area contributed by atoms with Crippen LogP contribution in [0.15, 0.2) is 30.3 Å². The van der Waals surface area contributed by atoms with Crippen molar-refractivity contribution in [3.63, 3.8) is 0 Å². The Kier molecular flexibility index (Phi) is 33.3. The van der Waals surface area contributed by atoms with Crippen molar-refractivity contribution < 1.29 is 0 Å². The molecule has 1 heteroatoms. The maximum absolute atomic E-state index is 3.73. The van der Waals surface area contributed by atoms with Crippen LogP contribution in [-0.4, -0.2) is 7.05 Å². The fourth-order valence-corrected chi connectivity index (χ4v) is 7.72. The molecule has 0 heterocycles. The highest BCUT2D eigenvalue weighted by atomic mass is 14.9. The lowest BCUT2D eigenvalue weighted by molar-refractivity contribution is 0.313. The Morgan fingerprint density at radius 3 is 0.891 bits per heavy atom. The number of rotatable bonds is 37. The second-order valence-electron chi connectivity index (χ2n) is 15.1. The lowest BCUT2D eigenvalue weighted by Gasteiger charge is -2.28. The Morgan fingerprint density at radius 1 is 0.370 bits per heavy atom. The molecule has 1 rings (SSSR count). The third-order valence-electron chi connectivity index (χ3n) is 10.8. The van der Waals surface area contributed by atoms with Crippen LogP contribution in [0.1, 0.15) is 244 Å². The first kappa shape index (κ1) is 43.2. The maximum atomic E-state index is 3.73. The van der Waals surface area contributed by atoms with E-state index in [4.69, 9.17) is 0 Å². The van der Waals surface area contributed by atoms with Crippen molar-refractivity contribution in [2.45, 2.75) is 238 Å². The van der Waals surface area contributed by atoms with Gasteiger partial charge in [0.25, 0.3) is 0 Å². The van der Waals surface area contributed by atoms with Crippen molar-refractivity contribution >= 4 is 0 Å². The third-order valence-corrected chi connectivity index (χ3v) is 10.8. The molecule has 0 fully saturated rings. The first-order valence-corrected chi connectivity index (χ1v) is 21.6. The molecule has 0 bridgehead atoms. The van der Waals surface area contributed by atoms with Gasteiger partial charge in [-0.05, 0) is 31.4 Å². The van der Waals surface area contributed by atoms with E-state index in [1.165, 1.54) is 224 Å². The fourth-order valence-electron chi connectivity index (χ4n) is 7.72. The zero-order valence-corrected chi connectivity index (χ0v) is 32.1. The van der Waals surface area contributed by atoms with Gasteiger partial charge in [-0.2, -0.15) is 0 Å². The largest absolute Gasteiger partial charge is 0.313 e. The topological polar surface area (TPSA) is 12.0 Å². The highest BCUT2D eigenvalue weighted by Gasteiger charge is 2.21. The Morgan fingerprint density at radius 2 is 0.630 bits per heavy atom. The molecule has 0 aliphatic rings. The average molecular weight is 640 g/mol. The molecule has 0 aliphatic carbocycles. The summed E-state index contributed by atoms with van der Waals surface area (Å²) in [5.41, 5.74) is 1.49. The van der Waals surface area contributed by atoms with Crippen molar-refractivity contribution in [1.29, 1.82) is 0 Å². The van der Waals surface area contributed by atoms with Gasteiger partial charge in [0, 0.05) is 6.04 Å². The molecule has 1 atom stereocenters. The van der Waals surface area contributed by atoms with Crippen LogP contribution in [0.25, 0.3) is 0 Å². The van der Waals surface area contributed by atoms with Crippen LogP contribution in [0, 0.1) is 5.92 Å². The Balaban J connectivity index is 2.11. The smallest absolute Gasteiger partial charge is 0.0346 e. The van der Waals surface area contributed by atoms with E-state index in [1.54, 1.807) is 0 Å². The molecule has 0 spiro atoms. The molecule has 0 saturated carbocycles. The highest BCUT2D eigenvalue weighted by molar-refractivity contribution is 5.19. The summed E-state index contributed by atoms with van der Waals surface area (Å²) in [6, 6.07) is 11.8. The van der Waals surface area contributed by atoms with E-state index in [9.17, 15) is 0 Å². The number of benzene rings is 1. The fraction of sp³-hybridized carbons (Fsp3) is 0.867. The minimum Gasteiger partial charge on any atom is -0.313 e. The standard InChI is InChI=1S/C45H85N/c1-4-6-8-10-12-14-16-18-20-22-24-26-28-30-32-35-39-43(45(46-3)44-41-37-34-38-42-44)40-36-33-31-29-27-25-23-21-19-17-15-13-11-9-7-5-2/h34,37-38,41-43,45-46H,4-33,35-36,39-40H2,1-3H3. The van der Waals surface area contributed by atoms with Gasteiger partial charge in [0.2, 0.25) is 0 Å². The number of nitrogens with one attached hydrogen (secondary N) is 1. The van der Waals surface area contributed by atoms with Crippen LogP contribution < -0.4 is 5.32 Å². The quantitative estimate of drug-likeness (QED) is 0.0714. The van der Waals surface area contributed by atoms with Gasteiger partial charge in [-0.1, -0.05) is 250 Å². The van der Waals surface area contributed by atoms with E-state index < -0.39 is 0 Å². The van der Waals surface area contributed by atoms with Gasteiger partial charge in [0.05, 0.1) is 0 Å². The van der Waals surface area contributed by atoms with Crippen molar-refractivity contribution in [1.82, 2.24) is 5.32 Å². The Labute approximate surface area is 291 Å². The number of hydrogen-bond acceptors (Lipinski definition) is 1. The first-order valence-electron chi connectivity index (χ1n) is 21.6. The minimum atomic E-state index is 0.508. The third kappa shape index (κ3) is 27.2. The summed E-state index contributed by atoms with van der Waals surface area (Å²) in [7, 11) is 2.19. The maximum Gasteiger partial charge on any atom is 0.0346 e. The second-order valence-corrected chi connectivity index (χ2v) is 15.1. The van der Waals surface area contributed by atoms with E-state index in [0.717, 1.165) is 5.92 Å². The lowest BCUT2D eigenvalue weighted by Crippen LogP contribution is -2.25. The van der Waals surface area contributed by atoms with E-state index in [2.05, 4.69) is 56.5 Å². The molecule has 1 N–H and O–H groups in total. The SMILES string of the molecule is CCCCCCCCCCCCCCCCCCC(CCCCCCCCCCCCCCCCCC)C(NC)c1ccccc1. The molecule has 270 valence electrons. The van der Waals surface area contributed by atoms with E-state index in [0.29, 0.717) is 6.04 Å². The van der Waals surface area contributed by atoms with Gasteiger partial charge in [0.1, 0.15) is 0 Å². The summed E-state index contributed by atoms with van der Waals surface area (Å²) in [5.74, 6) is 0.769. The van der Waals surface area contributed by atoms with Gasteiger partial charge < -0.3 is 5.32 Å². The summed E-state index contributed by atoms with van der Waals surface area (Å²) in [6.07, 6.45) is 49.2. The lowest BCUT2D eigenvalue weighted by atomic mass is 9.84. The minimum absolute atomic E-state index is 0.508. The molecular formula is C45H85N. The van der Waals surface area contributed by atoms with Crippen LogP contribution in [0.3, 0.4) is 0 Å². The molecule has 46 heavy (non-hydrogen) atoms. The van der Waals surface area contributed by atoms with Crippen LogP contribution >= 0.6 is 0 Å². The summed E-state index contributed by atoms with van der Waals surface area (Å²) < 4.78 is 0. The van der Waals surface area contributed by atoms with Crippen LogP contribution in [0.4, 0.5) is 0 Å².